The maximum absolute atomic E-state index is 14.8. The number of hydrogen-bond acceptors (Lipinski definition) is 26. The number of ether oxygens (including phenoxy) is 6. The molecule has 4 saturated carbocycles. The largest absolute Gasteiger partial charge is 1.00 e. The molecule has 0 aromatic heterocycles. The van der Waals surface area contributed by atoms with Gasteiger partial charge in [-0.1, -0.05) is 143 Å². The number of ketones is 4. The monoisotopic (exact) mass is 2030 g/mol. The third-order valence-electron chi connectivity index (χ3n) is 30.0. The summed E-state index contributed by atoms with van der Waals surface area (Å²) in [6.07, 6.45) is -10.6. The van der Waals surface area contributed by atoms with Gasteiger partial charge in [0.1, 0.15) is 36.6 Å². The van der Waals surface area contributed by atoms with E-state index in [2.05, 4.69) is 162 Å². The smallest absolute Gasteiger partial charge is 1.00 e. The number of Topliss-reactive ketones (excluding diaryl/α,β-unsaturated/α-hetero) is 3. The van der Waals surface area contributed by atoms with E-state index in [-0.39, 0.29) is 194 Å². The Balaban J connectivity index is 0.000000971. The number of aromatic carboxylic acids is 2. The van der Waals surface area contributed by atoms with Gasteiger partial charge >= 0.3 is 113 Å². The predicted octanol–water partition coefficient (Wildman–Crippen LogP) is -3.18. The standard InChI is InChI=1S/C42H62O16.3C15H23NO.2C8H8O4.3ClH.3Na/c1-37(2)21-8-11-42(7)31(20(43)16-18-19-17-39(4,36(53)54)13-12-38(19,3)14-15-41(18,42)6)40(21,5)10-9-22(37)55-35-30(26(47)25(46)29(57-35)33(51)52)58-34-27(48)23(44)24(45)28(56-34)32(49)50;3*1-5-16(6-2)11-14(17)10-15-12(3)8-7-9-13(15)4;2*1-12-7-4-5(8(10)11)2-3-6(7)9;;;;;;/h16,19,21-31,34-35,44-48H,8-15,17H2,1-7H3,(H,49,50)(H,51,52)(H,53,54);3*7-9H,5-6,10-11H2,1-4H3;2*2-4,9H,1H3,(H,10,11);3*1H;;;/q;;;;;;;;;3*+1/p-3/t19?,21?,22?,23-,24-,25-,26-,27+,28-,29-,30?,31?,34-,35-,38+,39-,40-,41+,42+;;;;;;;;;;;/m0.........../s1. The summed E-state index contributed by atoms with van der Waals surface area (Å²) in [5.74, 6) is -5.76. The summed E-state index contributed by atoms with van der Waals surface area (Å²) in [5.41, 5.74) is 9.17. The topological polar surface area (TPSA) is 464 Å². The Labute approximate surface area is 904 Å². The molecule has 0 radical (unpaired) electrons. The number of halogens is 3. The van der Waals surface area contributed by atoms with Crippen LogP contribution in [0.25, 0.3) is 0 Å². The number of phenolic OH excluding ortho intramolecular Hbond substituents is 2. The predicted molar refractivity (Wildman–Crippen MR) is 505 cm³/mol. The minimum atomic E-state index is -2.05. The summed E-state index contributed by atoms with van der Waals surface area (Å²) < 4.78 is 32.8. The Morgan fingerprint density at radius 2 is 0.863 bits per heavy atom. The fraction of sp³-hybridized carbons (Fsp3) is 0.602. The number of phenols is 2. The van der Waals surface area contributed by atoms with E-state index in [4.69, 9.17) is 43.7 Å². The fourth-order valence-corrected chi connectivity index (χ4v) is 21.2. The minimum Gasteiger partial charge on any atom is -1.00 e. The average molecular weight is 2030 g/mol. The van der Waals surface area contributed by atoms with Crippen molar-refractivity contribution in [3.05, 3.63) is 164 Å². The van der Waals surface area contributed by atoms with E-state index in [0.717, 1.165) is 76.9 Å². The summed E-state index contributed by atoms with van der Waals surface area (Å²) in [6, 6.07) is 26.1. The number of aryl methyl sites for hydroxylation is 6. The molecule has 2 saturated heterocycles. The van der Waals surface area contributed by atoms with Crippen LogP contribution in [0.5, 0.6) is 23.0 Å². The SMILES string of the molecule is CC1(C)C(O[C@H]2O[C@H](C(=O)O)[C@@H](O)[C@H](O)C2O[C@@H]2O[C@H](C(=O)O)[C@@H](O)[C@H](O)[C@H]2O)CC[C@@]2(C)C1CC[C@]1(C)C2C(=O)C=C2C3C[C@@](C)(C(=O)O)CC[C@]3(C)CC[C@]21C.CCN(CC)CC(=O)Cc1c(C)cccc1C.CCN(CC)CC(=O)Cc1c(C)cccc1C.CCN(CC)CC(=O)Cc1c(C)cccc1C.COc1cc(C(=O)O)ccc1O.COc1cc(C(=O)[O-])ccc1O.Cl.[Cl-].[Cl-].[Na+].[Na+].[Na+]. The molecule has 19 atom stereocenters. The Kier molecular flexibility index (Phi) is 54.4. The fourth-order valence-electron chi connectivity index (χ4n) is 21.2. The number of carbonyl (C=O) groups excluding carboxylic acids is 5. The number of aromatic hydroxyl groups is 2. The van der Waals surface area contributed by atoms with E-state index in [1.165, 1.54) is 101 Å². The van der Waals surface area contributed by atoms with E-state index in [0.29, 0.717) is 81.9 Å². The number of aliphatic carboxylic acids is 3. The van der Waals surface area contributed by atoms with Crippen molar-refractivity contribution in [1.82, 2.24) is 14.7 Å². The molecule has 2 heterocycles. The number of rotatable bonds is 29. The third-order valence-corrected chi connectivity index (χ3v) is 30.0. The van der Waals surface area contributed by atoms with Crippen LogP contribution < -0.4 is 128 Å². The van der Waals surface area contributed by atoms with Crippen LogP contribution in [-0.4, -0.2) is 264 Å². The van der Waals surface area contributed by atoms with Crippen LogP contribution in [0.3, 0.4) is 0 Å². The quantitative estimate of drug-likeness (QED) is 0.0166. The third kappa shape index (κ3) is 31.8. The molecule has 5 aromatic rings. The van der Waals surface area contributed by atoms with Crippen molar-refractivity contribution in [2.45, 2.75) is 276 Å². The van der Waals surface area contributed by atoms with E-state index >= 15 is 0 Å². The first kappa shape index (κ1) is 131. The Morgan fingerprint density at radius 1 is 0.482 bits per heavy atom. The number of hydrogen-bond donors (Lipinski definition) is 11. The molecule has 0 spiro atoms. The van der Waals surface area contributed by atoms with Crippen LogP contribution in [0, 0.1) is 91.8 Å². The van der Waals surface area contributed by atoms with Crippen molar-refractivity contribution < 1.29 is 246 Å². The van der Waals surface area contributed by atoms with Gasteiger partial charge in [-0.15, -0.1) is 12.4 Å². The van der Waals surface area contributed by atoms with Gasteiger partial charge < -0.3 is 119 Å². The molecule has 5 aromatic carbocycles. The first-order valence-corrected chi connectivity index (χ1v) is 46.3. The summed E-state index contributed by atoms with van der Waals surface area (Å²) >= 11 is 0. The van der Waals surface area contributed by atoms with E-state index in [9.17, 15) is 89.1 Å². The van der Waals surface area contributed by atoms with E-state index in [1.54, 1.807) is 0 Å². The molecule has 2 aliphatic heterocycles. The summed E-state index contributed by atoms with van der Waals surface area (Å²) in [7, 11) is 2.70. The van der Waals surface area contributed by atoms with Crippen LogP contribution in [0.15, 0.2) is 103 Å². The minimum absolute atomic E-state index is 0. The number of nitrogens with zero attached hydrogens (tertiary/aromatic N) is 3. The molecule has 5 aliphatic carbocycles. The van der Waals surface area contributed by atoms with Crippen molar-refractivity contribution in [2.24, 2.45) is 50.2 Å². The number of carboxylic acid groups (broad SMARTS) is 5. The van der Waals surface area contributed by atoms with Crippen molar-refractivity contribution in [3.8, 4) is 23.0 Å². The van der Waals surface area contributed by atoms with Crippen molar-refractivity contribution in [3.63, 3.8) is 0 Å². The van der Waals surface area contributed by atoms with Gasteiger partial charge in [0, 0.05) is 30.7 Å². The molecule has 139 heavy (non-hydrogen) atoms. The first-order valence-electron chi connectivity index (χ1n) is 46.3. The molecule has 0 amide bonds. The number of carboxylic acids is 5. The van der Waals surface area contributed by atoms with Gasteiger partial charge in [0.05, 0.1) is 56.9 Å². The van der Waals surface area contributed by atoms with Crippen LogP contribution in [0.1, 0.15) is 219 Å². The zero-order valence-electron chi connectivity index (χ0n) is 85.6. The van der Waals surface area contributed by atoms with Gasteiger partial charge in [0.2, 0.25) is 0 Å². The van der Waals surface area contributed by atoms with E-state index in [1.807, 2.05) is 45.0 Å². The maximum atomic E-state index is 14.8. The summed E-state index contributed by atoms with van der Waals surface area (Å²) in [5, 5.41) is 120. The van der Waals surface area contributed by atoms with Crippen LogP contribution >= 0.6 is 12.4 Å². The number of aliphatic hydroxyl groups is 5. The second kappa shape index (κ2) is 57.5. The van der Waals surface area contributed by atoms with E-state index < -0.39 is 119 Å². The number of allylic oxidation sites excluding steroid dienone is 2. The molecular formula is C103H147Cl3N3Na3O27. The zero-order valence-corrected chi connectivity index (χ0v) is 94.0. The van der Waals surface area contributed by atoms with Gasteiger partial charge in [0.15, 0.2) is 70.9 Å². The Morgan fingerprint density at radius 3 is 1.24 bits per heavy atom. The van der Waals surface area contributed by atoms with Crippen LogP contribution in [0.4, 0.5) is 0 Å². The molecule has 12 rings (SSSR count). The van der Waals surface area contributed by atoms with Crippen LogP contribution in [0.2, 0.25) is 0 Å². The van der Waals surface area contributed by atoms with Crippen molar-refractivity contribution >= 4 is 65.4 Å². The number of benzene rings is 5. The van der Waals surface area contributed by atoms with Gasteiger partial charge in [-0.25, -0.2) is 14.4 Å². The number of aliphatic hydroxyl groups excluding tert-OH is 5. The van der Waals surface area contributed by atoms with Crippen molar-refractivity contribution in [2.75, 3.05) is 73.1 Å². The van der Waals surface area contributed by atoms with Gasteiger partial charge in [-0.3, -0.25) is 38.7 Å². The molecule has 0 bridgehead atoms. The summed E-state index contributed by atoms with van der Waals surface area (Å²) in [6.45, 7) is 47.2. The second-order valence-corrected chi connectivity index (χ2v) is 38.6. The molecular weight excluding hydrogens is 1890 g/mol. The molecule has 7 aliphatic rings. The molecule has 760 valence electrons. The van der Waals surface area contributed by atoms with Gasteiger partial charge in [-0.2, -0.15) is 0 Å². The van der Waals surface area contributed by atoms with Crippen molar-refractivity contribution in [1.29, 1.82) is 0 Å². The number of fused-ring (bicyclic) bond motifs is 7. The normalized spacial score (nSPS) is 27.5. The van der Waals surface area contributed by atoms with Gasteiger partial charge in [0.25, 0.3) is 0 Å². The maximum Gasteiger partial charge on any atom is 1.00 e. The van der Waals surface area contributed by atoms with Crippen LogP contribution in [-0.2, 0) is 71.8 Å². The Hall–Kier alpha value is -5.54. The first-order chi connectivity index (χ1) is 62.3. The molecule has 36 heteroatoms. The second-order valence-electron chi connectivity index (χ2n) is 38.6. The summed E-state index contributed by atoms with van der Waals surface area (Å²) in [4.78, 5) is 115. The average Bonchev–Trinajstić information content (AvgIpc) is 0.670. The Bertz CT molecular complexity index is 4640. The van der Waals surface area contributed by atoms with Gasteiger partial charge in [-0.05, 0) is 277 Å². The zero-order chi connectivity index (χ0) is 99.7. The number of methoxy groups -OCH3 is 2. The number of carbonyl (C=O) groups is 9. The molecule has 5 unspecified atom stereocenters. The molecule has 11 N–H and O–H groups in total. The number of likely N-dealkylation sites (N-methyl/N-ethyl adjacent to an activating group) is 3. The molecule has 30 nitrogen and oxygen atoms in total. The molecule has 6 fully saturated rings.